The third kappa shape index (κ3) is 4.71. The molecule has 4 rings (SSSR count). The SMILES string of the molecule is CCc1cccc(NC(=O)ON2CCC3(CC2)CC(c2ccc(Cl)cc2)=NO3)c1. The van der Waals surface area contributed by atoms with Crippen LogP contribution in [0.2, 0.25) is 5.02 Å². The van der Waals surface area contributed by atoms with Crippen LogP contribution in [-0.4, -0.2) is 35.6 Å². The van der Waals surface area contributed by atoms with Crippen molar-refractivity contribution in [2.75, 3.05) is 18.4 Å². The summed E-state index contributed by atoms with van der Waals surface area (Å²) in [6, 6.07) is 15.4. The molecule has 2 aromatic carbocycles. The van der Waals surface area contributed by atoms with Gasteiger partial charge in [0.1, 0.15) is 5.60 Å². The monoisotopic (exact) mass is 413 g/mol. The van der Waals surface area contributed by atoms with Gasteiger partial charge >= 0.3 is 6.09 Å². The standard InChI is InChI=1S/C22H24ClN3O3/c1-2-16-4-3-5-19(14-16)24-21(27)28-26-12-10-22(11-13-26)15-20(25-29-22)17-6-8-18(23)9-7-17/h3-9,14H,2,10-13,15H2,1H3,(H,24,27). The second kappa shape index (κ2) is 8.43. The highest BCUT2D eigenvalue weighted by atomic mass is 35.5. The van der Waals surface area contributed by atoms with E-state index in [-0.39, 0.29) is 5.60 Å². The van der Waals surface area contributed by atoms with E-state index in [1.54, 1.807) is 5.06 Å². The van der Waals surface area contributed by atoms with Gasteiger partial charge in [0.05, 0.1) is 5.71 Å². The van der Waals surface area contributed by atoms with Crippen molar-refractivity contribution in [2.24, 2.45) is 5.16 Å². The van der Waals surface area contributed by atoms with Gasteiger partial charge < -0.3 is 9.68 Å². The molecule has 0 radical (unpaired) electrons. The van der Waals surface area contributed by atoms with Crippen LogP contribution in [0.25, 0.3) is 0 Å². The number of carbonyl (C=O) groups excluding carboxylic acids is 1. The summed E-state index contributed by atoms with van der Waals surface area (Å²) in [4.78, 5) is 23.5. The second-order valence-electron chi connectivity index (χ2n) is 7.48. The Balaban J connectivity index is 1.27. The maximum Gasteiger partial charge on any atom is 0.430 e. The van der Waals surface area contributed by atoms with E-state index in [1.165, 1.54) is 0 Å². The molecule has 0 aliphatic carbocycles. The van der Waals surface area contributed by atoms with Crippen LogP contribution in [0.5, 0.6) is 0 Å². The molecule has 1 N–H and O–H groups in total. The number of hydrogen-bond acceptors (Lipinski definition) is 5. The van der Waals surface area contributed by atoms with Crippen LogP contribution < -0.4 is 5.32 Å². The zero-order valence-electron chi connectivity index (χ0n) is 16.4. The number of hydrogen-bond donors (Lipinski definition) is 1. The lowest BCUT2D eigenvalue weighted by Crippen LogP contribution is -2.45. The fraction of sp³-hybridized carbons (Fsp3) is 0.364. The van der Waals surface area contributed by atoms with E-state index in [2.05, 4.69) is 17.4 Å². The first-order valence-corrected chi connectivity index (χ1v) is 10.3. The summed E-state index contributed by atoms with van der Waals surface area (Å²) < 4.78 is 0. The number of amides is 1. The normalized spacial score (nSPS) is 18.2. The largest absolute Gasteiger partial charge is 0.430 e. The van der Waals surface area contributed by atoms with Crippen molar-refractivity contribution in [3.8, 4) is 0 Å². The first-order chi connectivity index (χ1) is 14.0. The Morgan fingerprint density at radius 2 is 2.00 bits per heavy atom. The fourth-order valence-electron chi connectivity index (χ4n) is 3.70. The first-order valence-electron chi connectivity index (χ1n) is 9.89. The van der Waals surface area contributed by atoms with Gasteiger partial charge in [-0.25, -0.2) is 4.79 Å². The molecular weight excluding hydrogens is 390 g/mol. The second-order valence-corrected chi connectivity index (χ2v) is 7.92. The first kappa shape index (κ1) is 19.7. The Labute approximate surface area is 175 Å². The Bertz CT molecular complexity index is 906. The van der Waals surface area contributed by atoms with E-state index in [9.17, 15) is 4.79 Å². The number of piperidine rings is 1. The van der Waals surface area contributed by atoms with Crippen LogP contribution in [0, 0.1) is 0 Å². The van der Waals surface area contributed by atoms with E-state index in [4.69, 9.17) is 21.3 Å². The molecule has 1 amide bonds. The topological polar surface area (TPSA) is 63.2 Å². The number of carbonyl (C=O) groups is 1. The lowest BCUT2D eigenvalue weighted by molar-refractivity contribution is -0.154. The number of rotatable bonds is 4. The lowest BCUT2D eigenvalue weighted by Gasteiger charge is -2.35. The number of nitrogens with zero attached hydrogens (tertiary/aromatic N) is 2. The Hall–Kier alpha value is -2.57. The average Bonchev–Trinajstić information content (AvgIpc) is 3.14. The molecule has 152 valence electrons. The zero-order chi connectivity index (χ0) is 20.3. The van der Waals surface area contributed by atoms with Gasteiger partial charge in [0.25, 0.3) is 0 Å². The molecule has 2 heterocycles. The summed E-state index contributed by atoms with van der Waals surface area (Å²) in [5.74, 6) is 0. The number of benzene rings is 2. The Morgan fingerprint density at radius 3 is 2.72 bits per heavy atom. The number of oxime groups is 1. The third-order valence-electron chi connectivity index (χ3n) is 5.44. The van der Waals surface area contributed by atoms with Gasteiger partial charge in [-0.05, 0) is 41.8 Å². The maximum absolute atomic E-state index is 12.2. The summed E-state index contributed by atoms with van der Waals surface area (Å²) in [5, 5.41) is 9.49. The van der Waals surface area contributed by atoms with Gasteiger partial charge in [0.15, 0.2) is 0 Å². The number of anilines is 1. The molecule has 0 bridgehead atoms. The number of hydroxylamine groups is 2. The van der Waals surface area contributed by atoms with Crippen molar-refractivity contribution < 1.29 is 14.5 Å². The average molecular weight is 414 g/mol. The van der Waals surface area contributed by atoms with Crippen molar-refractivity contribution in [3.05, 3.63) is 64.7 Å². The summed E-state index contributed by atoms with van der Waals surface area (Å²) in [6.45, 7) is 3.28. The number of nitrogens with one attached hydrogen (secondary N) is 1. The molecule has 0 saturated carbocycles. The Morgan fingerprint density at radius 1 is 1.24 bits per heavy atom. The van der Waals surface area contributed by atoms with Gasteiger partial charge in [-0.2, -0.15) is 0 Å². The van der Waals surface area contributed by atoms with Gasteiger partial charge in [0.2, 0.25) is 0 Å². The van der Waals surface area contributed by atoms with Crippen molar-refractivity contribution in [1.82, 2.24) is 5.06 Å². The quantitative estimate of drug-likeness (QED) is 0.763. The van der Waals surface area contributed by atoms with Crippen LogP contribution in [0.1, 0.15) is 37.3 Å². The molecule has 1 fully saturated rings. The molecular formula is C22H24ClN3O3. The number of halogens is 1. The number of aryl methyl sites for hydroxylation is 1. The Kier molecular flexibility index (Phi) is 5.74. The highest BCUT2D eigenvalue weighted by Crippen LogP contribution is 2.36. The van der Waals surface area contributed by atoms with Crippen molar-refractivity contribution >= 4 is 29.1 Å². The zero-order valence-corrected chi connectivity index (χ0v) is 17.1. The van der Waals surface area contributed by atoms with Gasteiger partial charge in [-0.1, -0.05) is 47.9 Å². The van der Waals surface area contributed by atoms with Crippen LogP contribution in [0.3, 0.4) is 0 Å². The van der Waals surface area contributed by atoms with E-state index in [0.29, 0.717) is 18.1 Å². The molecule has 2 aliphatic heterocycles. The molecule has 2 aliphatic rings. The van der Waals surface area contributed by atoms with E-state index in [1.807, 2.05) is 48.5 Å². The summed E-state index contributed by atoms with van der Waals surface area (Å²) in [6.07, 6.45) is 2.68. The minimum absolute atomic E-state index is 0.319. The highest BCUT2D eigenvalue weighted by Gasteiger charge is 2.43. The van der Waals surface area contributed by atoms with Crippen LogP contribution in [0.4, 0.5) is 10.5 Å². The van der Waals surface area contributed by atoms with Crippen LogP contribution in [0.15, 0.2) is 53.7 Å². The van der Waals surface area contributed by atoms with Gasteiger partial charge in [-0.15, -0.1) is 5.06 Å². The molecule has 0 aromatic heterocycles. The predicted molar refractivity (Wildman–Crippen MR) is 113 cm³/mol. The van der Waals surface area contributed by atoms with Crippen molar-refractivity contribution in [2.45, 2.75) is 38.2 Å². The van der Waals surface area contributed by atoms with Crippen molar-refractivity contribution in [3.63, 3.8) is 0 Å². The lowest BCUT2D eigenvalue weighted by atomic mass is 9.86. The third-order valence-corrected chi connectivity index (χ3v) is 5.70. The van der Waals surface area contributed by atoms with E-state index >= 15 is 0 Å². The van der Waals surface area contributed by atoms with Crippen molar-refractivity contribution in [1.29, 1.82) is 0 Å². The predicted octanol–water partition coefficient (Wildman–Crippen LogP) is 5.03. The molecule has 1 saturated heterocycles. The minimum atomic E-state index is -0.473. The summed E-state index contributed by atoms with van der Waals surface area (Å²) in [7, 11) is 0. The van der Waals surface area contributed by atoms with Crippen LogP contribution >= 0.6 is 11.6 Å². The smallest absolute Gasteiger partial charge is 0.388 e. The van der Waals surface area contributed by atoms with Gasteiger partial charge in [0, 0.05) is 43.1 Å². The van der Waals surface area contributed by atoms with Gasteiger partial charge in [-0.3, -0.25) is 5.32 Å². The molecule has 29 heavy (non-hydrogen) atoms. The fourth-order valence-corrected chi connectivity index (χ4v) is 3.82. The molecule has 0 unspecified atom stereocenters. The molecule has 2 aromatic rings. The molecule has 6 nitrogen and oxygen atoms in total. The van der Waals surface area contributed by atoms with E-state index in [0.717, 1.165) is 48.2 Å². The summed E-state index contributed by atoms with van der Waals surface area (Å²) >= 11 is 5.96. The molecule has 0 atom stereocenters. The highest BCUT2D eigenvalue weighted by molar-refractivity contribution is 6.30. The summed E-state index contributed by atoms with van der Waals surface area (Å²) in [5.41, 5.74) is 3.55. The maximum atomic E-state index is 12.2. The van der Waals surface area contributed by atoms with E-state index < -0.39 is 6.09 Å². The minimum Gasteiger partial charge on any atom is -0.388 e. The van der Waals surface area contributed by atoms with Crippen LogP contribution in [-0.2, 0) is 16.1 Å². The molecule has 7 heteroatoms. The molecule has 1 spiro atoms.